The summed E-state index contributed by atoms with van der Waals surface area (Å²) in [7, 11) is -1.00. The molecule has 0 fully saturated rings. The second kappa shape index (κ2) is 8.19. The van der Waals surface area contributed by atoms with Gasteiger partial charge in [-0.2, -0.15) is 0 Å². The summed E-state index contributed by atoms with van der Waals surface area (Å²) < 4.78 is 2.59. The van der Waals surface area contributed by atoms with Crippen molar-refractivity contribution in [1.29, 1.82) is 0 Å². The molecule has 0 aliphatic rings. The van der Waals surface area contributed by atoms with E-state index >= 15 is 0 Å². The van der Waals surface area contributed by atoms with Gasteiger partial charge in [0.15, 0.2) is 0 Å². The summed E-state index contributed by atoms with van der Waals surface area (Å²) in [6.07, 6.45) is 7.10. The number of benzene rings is 1. The third kappa shape index (κ3) is 6.22. The molecule has 1 unspecified atom stereocenters. The van der Waals surface area contributed by atoms with E-state index in [0.717, 1.165) is 4.44 Å². The molecule has 1 rings (SSSR count). The zero-order valence-electron chi connectivity index (χ0n) is 12.4. The van der Waals surface area contributed by atoms with Gasteiger partial charge in [0.1, 0.15) is 0 Å². The molecule has 0 N–H and O–H groups in total. The van der Waals surface area contributed by atoms with Gasteiger partial charge in [0.05, 0.1) is 0 Å². The van der Waals surface area contributed by atoms with Crippen LogP contribution >= 0.6 is 0 Å². The van der Waals surface area contributed by atoms with Crippen molar-refractivity contribution in [1.82, 2.24) is 0 Å². The maximum atomic E-state index is 2.54. The van der Waals surface area contributed by atoms with Gasteiger partial charge in [0.2, 0.25) is 0 Å². The Balaban J connectivity index is 2.51. The zero-order valence-corrected chi connectivity index (χ0v) is 15.1. The molecule has 0 aromatic heterocycles. The predicted molar refractivity (Wildman–Crippen MR) is 87.7 cm³/mol. The first-order valence-electron chi connectivity index (χ1n) is 7.25. The summed E-state index contributed by atoms with van der Waals surface area (Å²) in [5.41, 5.74) is 0. The minimum absolute atomic E-state index is 0.679. The van der Waals surface area contributed by atoms with Gasteiger partial charge in [0.25, 0.3) is 0 Å². The van der Waals surface area contributed by atoms with Crippen LogP contribution in [0.25, 0.3) is 0 Å². The molecule has 1 atom stereocenters. The van der Waals surface area contributed by atoms with Crippen LogP contribution in [0.2, 0.25) is 24.1 Å². The number of hydrogen-bond acceptors (Lipinski definition) is 0. The second-order valence-electron chi connectivity index (χ2n) is 6.13. The molecule has 0 saturated carbocycles. The van der Waals surface area contributed by atoms with E-state index in [-0.39, 0.29) is 0 Å². The maximum absolute atomic E-state index is 2.54. The molecule has 18 heavy (non-hydrogen) atoms. The van der Waals surface area contributed by atoms with Crippen molar-refractivity contribution in [3.05, 3.63) is 30.3 Å². The Bertz CT molecular complexity index is 316. The molecule has 0 amide bonds. The van der Waals surface area contributed by atoms with Crippen LogP contribution in [0.5, 0.6) is 0 Å². The van der Waals surface area contributed by atoms with Crippen molar-refractivity contribution < 1.29 is 0 Å². The molecule has 0 saturated heterocycles. The molecule has 0 heterocycles. The standard InChI is InChI=1S/C16H28SeSi/c1-5-6-7-11-14-16(18(2,3)4)17-15-12-9-8-10-13-15/h8-10,12-13,16H,5-7,11,14H2,1-4H3. The van der Waals surface area contributed by atoms with Crippen LogP contribution in [-0.2, 0) is 0 Å². The Morgan fingerprint density at radius 1 is 1.00 bits per heavy atom. The van der Waals surface area contributed by atoms with E-state index in [1.165, 1.54) is 32.1 Å². The third-order valence-corrected chi connectivity index (χ3v) is 12.8. The van der Waals surface area contributed by atoms with Crippen LogP contribution in [0.1, 0.15) is 39.0 Å². The first-order valence-corrected chi connectivity index (χ1v) is 12.7. The Hall–Kier alpha value is -0.0436. The fraction of sp³-hybridized carbons (Fsp3) is 0.625. The summed E-state index contributed by atoms with van der Waals surface area (Å²) in [5, 5.41) is 0. The van der Waals surface area contributed by atoms with Gasteiger partial charge in [-0.3, -0.25) is 0 Å². The molecule has 0 nitrogen and oxygen atoms in total. The molecule has 0 aliphatic carbocycles. The Kier molecular flexibility index (Phi) is 7.29. The summed E-state index contributed by atoms with van der Waals surface area (Å²) >= 11 is 0.679. The summed E-state index contributed by atoms with van der Waals surface area (Å²) in [6, 6.07) is 11.1. The molecule has 0 aliphatic heterocycles. The van der Waals surface area contributed by atoms with Crippen molar-refractivity contribution in [3.8, 4) is 0 Å². The van der Waals surface area contributed by atoms with Crippen molar-refractivity contribution in [2.45, 2.75) is 63.1 Å². The van der Waals surface area contributed by atoms with Gasteiger partial charge >= 0.3 is 121 Å². The SMILES string of the molecule is CCCCCCC([Se]c1ccccc1)[Si](C)(C)C. The first kappa shape index (κ1) is 16.0. The molecule has 1 aromatic rings. The monoisotopic (exact) mass is 328 g/mol. The van der Waals surface area contributed by atoms with E-state index in [1.807, 2.05) is 0 Å². The summed E-state index contributed by atoms with van der Waals surface area (Å²) in [4.78, 5) is 0. The van der Waals surface area contributed by atoms with E-state index in [9.17, 15) is 0 Å². The second-order valence-corrected chi connectivity index (χ2v) is 15.2. The van der Waals surface area contributed by atoms with E-state index in [4.69, 9.17) is 0 Å². The normalized spacial score (nSPS) is 13.6. The molecule has 0 bridgehead atoms. The van der Waals surface area contributed by atoms with Crippen molar-refractivity contribution in [2.75, 3.05) is 0 Å². The molecule has 0 radical (unpaired) electrons. The molecule has 102 valence electrons. The van der Waals surface area contributed by atoms with E-state index in [1.54, 1.807) is 4.46 Å². The molecule has 1 aromatic carbocycles. The Morgan fingerprint density at radius 2 is 1.67 bits per heavy atom. The van der Waals surface area contributed by atoms with Gasteiger partial charge in [-0.15, -0.1) is 0 Å². The van der Waals surface area contributed by atoms with Crippen molar-refractivity contribution in [2.24, 2.45) is 0 Å². The van der Waals surface area contributed by atoms with Crippen LogP contribution < -0.4 is 4.46 Å². The fourth-order valence-electron chi connectivity index (χ4n) is 2.09. The number of rotatable bonds is 8. The van der Waals surface area contributed by atoms with Crippen LogP contribution in [-0.4, -0.2) is 23.0 Å². The summed E-state index contributed by atoms with van der Waals surface area (Å²) in [6.45, 7) is 9.93. The average Bonchev–Trinajstić information content (AvgIpc) is 2.33. The van der Waals surface area contributed by atoms with E-state index in [2.05, 4.69) is 56.9 Å². The van der Waals surface area contributed by atoms with Crippen LogP contribution in [0, 0.1) is 0 Å². The van der Waals surface area contributed by atoms with Crippen molar-refractivity contribution >= 4 is 27.5 Å². The van der Waals surface area contributed by atoms with Gasteiger partial charge in [-0.25, -0.2) is 0 Å². The quantitative estimate of drug-likeness (QED) is 0.481. The Morgan fingerprint density at radius 3 is 2.22 bits per heavy atom. The van der Waals surface area contributed by atoms with Crippen LogP contribution in [0.3, 0.4) is 0 Å². The predicted octanol–water partition coefficient (Wildman–Crippen LogP) is 4.65. The number of hydrogen-bond donors (Lipinski definition) is 0. The molecule has 2 heteroatoms. The van der Waals surface area contributed by atoms with Gasteiger partial charge in [0, 0.05) is 0 Å². The zero-order chi connectivity index (χ0) is 13.4. The molecule has 0 spiro atoms. The third-order valence-electron chi connectivity index (χ3n) is 3.31. The molecular formula is C16H28SeSi. The van der Waals surface area contributed by atoms with E-state index < -0.39 is 8.07 Å². The molecular weight excluding hydrogens is 299 g/mol. The van der Waals surface area contributed by atoms with Gasteiger partial charge in [-0.05, 0) is 0 Å². The number of unbranched alkanes of at least 4 members (excludes halogenated alkanes) is 3. The van der Waals surface area contributed by atoms with Gasteiger partial charge in [-0.1, -0.05) is 0 Å². The minimum atomic E-state index is -1.00. The van der Waals surface area contributed by atoms with Crippen molar-refractivity contribution in [3.63, 3.8) is 0 Å². The van der Waals surface area contributed by atoms with E-state index in [0.29, 0.717) is 15.0 Å². The first-order chi connectivity index (χ1) is 8.54. The van der Waals surface area contributed by atoms with Crippen LogP contribution in [0.15, 0.2) is 30.3 Å². The topological polar surface area (TPSA) is 0 Å². The fourth-order valence-corrected chi connectivity index (χ4v) is 8.39. The van der Waals surface area contributed by atoms with Gasteiger partial charge < -0.3 is 0 Å². The van der Waals surface area contributed by atoms with Crippen LogP contribution in [0.4, 0.5) is 0 Å². The Labute approximate surface area is 121 Å². The average molecular weight is 327 g/mol. The summed E-state index contributed by atoms with van der Waals surface area (Å²) in [5.74, 6) is 0.